The van der Waals surface area contributed by atoms with Crippen LogP contribution in [0.25, 0.3) is 10.9 Å². The second kappa shape index (κ2) is 15.6. The highest BCUT2D eigenvalue weighted by atomic mass is 35.5. The fourth-order valence-corrected chi connectivity index (χ4v) is 8.07. The monoisotopic (exact) mass is 696 g/mol. The number of carbonyl (C=O) groups excluding carboxylic acids is 2. The molecule has 2 saturated heterocycles. The van der Waals surface area contributed by atoms with Gasteiger partial charge in [-0.05, 0) is 82.3 Å². The van der Waals surface area contributed by atoms with Gasteiger partial charge in [-0.3, -0.25) is 19.3 Å². The smallest absolute Gasteiger partial charge is 0.306 e. The normalized spacial score (nSPS) is 24.7. The quantitative estimate of drug-likeness (QED) is 0.257. The van der Waals surface area contributed by atoms with Gasteiger partial charge >= 0.3 is 5.97 Å². The molecular weight excluding hydrogens is 651 g/mol. The van der Waals surface area contributed by atoms with Crippen molar-refractivity contribution in [3.63, 3.8) is 0 Å². The van der Waals surface area contributed by atoms with Gasteiger partial charge in [0.25, 0.3) is 5.91 Å². The van der Waals surface area contributed by atoms with Crippen molar-refractivity contribution in [3.05, 3.63) is 64.6 Å². The van der Waals surface area contributed by atoms with Gasteiger partial charge in [-0.1, -0.05) is 36.2 Å². The number of anilines is 1. The molecule has 6 rings (SSSR count). The number of rotatable bonds is 11. The number of hydrogen-bond acceptors (Lipinski definition) is 6. The maximum absolute atomic E-state index is 15.6. The fourth-order valence-electron chi connectivity index (χ4n) is 7.84. The lowest BCUT2D eigenvalue weighted by Gasteiger charge is -2.36. The molecule has 3 atom stereocenters. The Labute approximate surface area is 291 Å². The van der Waals surface area contributed by atoms with Crippen LogP contribution in [0.1, 0.15) is 67.8 Å². The molecule has 0 spiro atoms. The fraction of sp³-hybridized carbons (Fsp3) is 0.541. The van der Waals surface area contributed by atoms with Crippen LogP contribution in [0.3, 0.4) is 0 Å². The molecule has 0 bridgehead atoms. The number of amides is 2. The minimum absolute atomic E-state index is 0.0133. The van der Waals surface area contributed by atoms with Gasteiger partial charge < -0.3 is 29.4 Å². The predicted octanol–water partition coefficient (Wildman–Crippen LogP) is 5.90. The Hall–Kier alpha value is -3.51. The first kappa shape index (κ1) is 35.3. The zero-order valence-corrected chi connectivity index (χ0v) is 29.0. The van der Waals surface area contributed by atoms with E-state index in [1.807, 2.05) is 42.8 Å². The number of halogens is 2. The van der Waals surface area contributed by atoms with E-state index >= 15 is 4.39 Å². The van der Waals surface area contributed by atoms with Gasteiger partial charge in [0.2, 0.25) is 5.91 Å². The average Bonchev–Trinajstić information content (AvgIpc) is 3.64. The van der Waals surface area contributed by atoms with E-state index in [4.69, 9.17) is 21.1 Å². The number of aryl methyl sites for hydroxylation is 1. The number of ether oxygens (including phenoxy) is 2. The van der Waals surface area contributed by atoms with E-state index in [1.54, 1.807) is 11.1 Å². The second-order valence-corrected chi connectivity index (χ2v) is 14.0. The zero-order chi connectivity index (χ0) is 34.7. The van der Waals surface area contributed by atoms with Crippen molar-refractivity contribution in [1.29, 1.82) is 0 Å². The molecule has 2 amide bonds. The topological polar surface area (TPSA) is 113 Å². The number of aromatic nitrogens is 1. The summed E-state index contributed by atoms with van der Waals surface area (Å²) in [6.45, 7) is 4.98. The Kier molecular flexibility index (Phi) is 11.2. The Morgan fingerprint density at radius 3 is 2.49 bits per heavy atom. The lowest BCUT2D eigenvalue weighted by molar-refractivity contribution is -0.144. The summed E-state index contributed by atoms with van der Waals surface area (Å²) in [4.78, 5) is 42.9. The van der Waals surface area contributed by atoms with Crippen molar-refractivity contribution < 1.29 is 33.4 Å². The van der Waals surface area contributed by atoms with Crippen molar-refractivity contribution in [2.75, 3.05) is 38.2 Å². The van der Waals surface area contributed by atoms with Crippen LogP contribution < -0.4 is 5.32 Å². The van der Waals surface area contributed by atoms with Crippen LogP contribution in [0, 0.1) is 11.7 Å². The summed E-state index contributed by atoms with van der Waals surface area (Å²) in [5, 5.41) is 13.1. The van der Waals surface area contributed by atoms with Gasteiger partial charge in [0, 0.05) is 37.3 Å². The standard InChI is InChI=1S/C37H46ClFN4O6/c1-3-48-35-32(42-15-7-4-8-16-42)21-43(33(35)22-49-25-13-11-23(12-14-25)37(46)47)34(44)18-24-17-28(38)30(19-29(24)39)40-36(45)27-20-41(2)31-10-6-5-9-26(27)31/h5-6,9-10,17,19-20,23,25,32-33,35H,3-4,7-8,11-16,18,21-22H2,1-2H3,(H,40,45)(H,46,47)/t23-,25-,32-,33-,35?/m1/s1. The van der Waals surface area contributed by atoms with E-state index in [2.05, 4.69) is 10.2 Å². The highest BCUT2D eigenvalue weighted by Gasteiger charge is 2.47. The van der Waals surface area contributed by atoms with Crippen molar-refractivity contribution >= 4 is 46.0 Å². The number of hydrogen-bond donors (Lipinski definition) is 2. The molecule has 3 aromatic rings. The molecule has 3 fully saturated rings. The SMILES string of the molecule is CCOC1[C@H](N2CCCCC2)CN(C(=O)Cc2cc(Cl)c(NC(=O)c3cn(C)c4ccccc34)cc2F)[C@@H]1CO[C@H]1CC[C@H](C(=O)O)CC1. The first-order valence-electron chi connectivity index (χ1n) is 17.5. The third-order valence-electron chi connectivity index (χ3n) is 10.5. The van der Waals surface area contributed by atoms with E-state index < -0.39 is 17.7 Å². The molecule has 12 heteroatoms. The molecule has 1 saturated carbocycles. The number of nitrogens with one attached hydrogen (secondary N) is 1. The van der Waals surface area contributed by atoms with Crippen LogP contribution >= 0.6 is 11.6 Å². The number of carboxylic acids is 1. The molecule has 1 aliphatic carbocycles. The lowest BCUT2D eigenvalue weighted by atomic mass is 9.87. The number of fused-ring (bicyclic) bond motifs is 1. The summed E-state index contributed by atoms with van der Waals surface area (Å²) in [6.07, 6.45) is 6.94. The number of carbonyl (C=O) groups is 3. The molecule has 2 aromatic carbocycles. The molecule has 3 aliphatic rings. The predicted molar refractivity (Wildman–Crippen MR) is 185 cm³/mol. The van der Waals surface area contributed by atoms with Crippen molar-refractivity contribution in [2.24, 2.45) is 13.0 Å². The number of likely N-dealkylation sites (tertiary alicyclic amines) is 2. The first-order valence-corrected chi connectivity index (χ1v) is 17.8. The van der Waals surface area contributed by atoms with Crippen LogP contribution in [-0.4, -0.2) is 94.4 Å². The third-order valence-corrected chi connectivity index (χ3v) is 10.8. The van der Waals surface area contributed by atoms with E-state index in [1.165, 1.54) is 18.6 Å². The molecular formula is C37H46ClFN4O6. The first-order chi connectivity index (χ1) is 23.6. The van der Waals surface area contributed by atoms with E-state index in [-0.39, 0.29) is 65.4 Å². The van der Waals surface area contributed by atoms with Crippen LogP contribution in [0.5, 0.6) is 0 Å². The van der Waals surface area contributed by atoms with Crippen LogP contribution in [-0.2, 0) is 32.5 Å². The second-order valence-electron chi connectivity index (χ2n) is 13.6. The van der Waals surface area contributed by atoms with E-state index in [9.17, 15) is 19.5 Å². The lowest BCUT2D eigenvalue weighted by Crippen LogP contribution is -2.49. The molecule has 2 aliphatic heterocycles. The maximum atomic E-state index is 15.6. The van der Waals surface area contributed by atoms with E-state index in [0.29, 0.717) is 44.4 Å². The van der Waals surface area contributed by atoms with Crippen LogP contribution in [0.4, 0.5) is 10.1 Å². The molecule has 2 N–H and O–H groups in total. The van der Waals surface area contributed by atoms with Gasteiger partial charge in [-0.25, -0.2) is 4.39 Å². The van der Waals surface area contributed by atoms with Gasteiger partial charge in [-0.15, -0.1) is 0 Å². The summed E-state index contributed by atoms with van der Waals surface area (Å²) >= 11 is 6.59. The van der Waals surface area contributed by atoms with Crippen molar-refractivity contribution in [1.82, 2.24) is 14.4 Å². The Morgan fingerprint density at radius 1 is 1.04 bits per heavy atom. The number of carboxylic acid groups (broad SMARTS) is 1. The van der Waals surface area contributed by atoms with Gasteiger partial charge in [0.05, 0.1) is 59.5 Å². The number of para-hydroxylation sites is 1. The summed E-state index contributed by atoms with van der Waals surface area (Å²) in [5.41, 5.74) is 1.60. The van der Waals surface area contributed by atoms with Crippen molar-refractivity contribution in [3.8, 4) is 0 Å². The highest BCUT2D eigenvalue weighted by molar-refractivity contribution is 6.34. The van der Waals surface area contributed by atoms with Gasteiger partial charge in [-0.2, -0.15) is 0 Å². The maximum Gasteiger partial charge on any atom is 0.306 e. The molecule has 1 aromatic heterocycles. The molecule has 0 radical (unpaired) electrons. The third kappa shape index (κ3) is 7.80. The van der Waals surface area contributed by atoms with Crippen molar-refractivity contribution in [2.45, 2.75) is 82.6 Å². The average molecular weight is 697 g/mol. The molecule has 3 heterocycles. The number of nitrogens with zero attached hydrogens (tertiary/aromatic N) is 3. The van der Waals surface area contributed by atoms with Crippen LogP contribution in [0.2, 0.25) is 5.02 Å². The Balaban J connectivity index is 1.18. The number of piperidine rings is 1. The highest BCUT2D eigenvalue weighted by Crippen LogP contribution is 2.33. The minimum atomic E-state index is -0.764. The summed E-state index contributed by atoms with van der Waals surface area (Å²) in [7, 11) is 1.85. The zero-order valence-electron chi connectivity index (χ0n) is 28.2. The van der Waals surface area contributed by atoms with Gasteiger partial charge in [0.15, 0.2) is 0 Å². The summed E-state index contributed by atoms with van der Waals surface area (Å²) < 4.78 is 30.2. The number of benzene rings is 2. The van der Waals surface area contributed by atoms with E-state index in [0.717, 1.165) is 36.8 Å². The van der Waals surface area contributed by atoms with Gasteiger partial charge in [0.1, 0.15) is 5.82 Å². The summed E-state index contributed by atoms with van der Waals surface area (Å²) in [6, 6.07) is 9.71. The Bertz CT molecular complexity index is 1670. The molecule has 49 heavy (non-hydrogen) atoms. The Morgan fingerprint density at radius 2 is 1.78 bits per heavy atom. The largest absolute Gasteiger partial charge is 0.481 e. The minimum Gasteiger partial charge on any atom is -0.481 e. The molecule has 10 nitrogen and oxygen atoms in total. The van der Waals surface area contributed by atoms with Crippen LogP contribution in [0.15, 0.2) is 42.6 Å². The molecule has 1 unspecified atom stereocenters. The molecule has 264 valence electrons. The summed E-state index contributed by atoms with van der Waals surface area (Å²) in [5.74, 6) is -2.41. The number of aliphatic carboxylic acids is 1.